The third-order valence-corrected chi connectivity index (χ3v) is 5.72. The lowest BCUT2D eigenvalue weighted by atomic mass is 9.97. The molecule has 0 radical (unpaired) electrons. The van der Waals surface area contributed by atoms with Crippen molar-refractivity contribution in [2.45, 2.75) is 50.9 Å². The Morgan fingerprint density at radius 3 is 2.93 bits per heavy atom. The minimum absolute atomic E-state index is 0.0367. The number of amides is 1. The van der Waals surface area contributed by atoms with Gasteiger partial charge in [-0.05, 0) is 43.7 Å². The van der Waals surface area contributed by atoms with Gasteiger partial charge in [-0.15, -0.1) is 0 Å². The van der Waals surface area contributed by atoms with Gasteiger partial charge in [-0.2, -0.15) is 4.98 Å². The first-order chi connectivity index (χ1) is 13.8. The molecule has 0 bridgehead atoms. The van der Waals surface area contributed by atoms with Crippen molar-refractivity contribution in [1.29, 1.82) is 0 Å². The maximum Gasteiger partial charge on any atom is 0.272 e. The summed E-state index contributed by atoms with van der Waals surface area (Å²) in [6, 6.07) is 5.40. The summed E-state index contributed by atoms with van der Waals surface area (Å²) in [6.45, 7) is 2.81. The fourth-order valence-electron chi connectivity index (χ4n) is 4.14. The Hall–Kier alpha value is -2.28. The summed E-state index contributed by atoms with van der Waals surface area (Å²) in [5.41, 5.74) is 0.480. The van der Waals surface area contributed by atoms with Crippen molar-refractivity contribution in [1.82, 2.24) is 20.0 Å². The normalized spacial score (nSPS) is 20.6. The molecule has 150 valence electrons. The van der Waals surface area contributed by atoms with Gasteiger partial charge in [0.1, 0.15) is 5.69 Å². The van der Waals surface area contributed by atoms with E-state index in [1.54, 1.807) is 12.3 Å². The van der Waals surface area contributed by atoms with Gasteiger partial charge in [-0.1, -0.05) is 24.1 Å². The smallest absolute Gasteiger partial charge is 0.272 e. The van der Waals surface area contributed by atoms with E-state index in [9.17, 15) is 4.79 Å². The van der Waals surface area contributed by atoms with E-state index in [1.807, 2.05) is 17.0 Å². The molecular formula is C21H28N4O3. The second-order valence-electron chi connectivity index (χ2n) is 7.83. The zero-order chi connectivity index (χ0) is 19.2. The Morgan fingerprint density at radius 1 is 1.21 bits per heavy atom. The van der Waals surface area contributed by atoms with Crippen LogP contribution >= 0.6 is 0 Å². The zero-order valence-electron chi connectivity index (χ0n) is 16.3. The molecule has 1 aliphatic carbocycles. The molecule has 0 aromatic carbocycles. The molecule has 2 fully saturated rings. The summed E-state index contributed by atoms with van der Waals surface area (Å²) in [4.78, 5) is 23.2. The van der Waals surface area contributed by atoms with Gasteiger partial charge in [-0.25, -0.2) is 0 Å². The van der Waals surface area contributed by atoms with Crippen LogP contribution < -0.4 is 0 Å². The Labute approximate surface area is 165 Å². The third-order valence-electron chi connectivity index (χ3n) is 5.72. The van der Waals surface area contributed by atoms with Gasteiger partial charge in [0.05, 0.1) is 12.5 Å². The van der Waals surface area contributed by atoms with Crippen molar-refractivity contribution >= 4 is 5.91 Å². The molecule has 1 saturated heterocycles. The molecule has 7 heteroatoms. The molecule has 2 aromatic heterocycles. The van der Waals surface area contributed by atoms with Gasteiger partial charge in [0.25, 0.3) is 5.91 Å². The van der Waals surface area contributed by atoms with Crippen molar-refractivity contribution < 1.29 is 14.1 Å². The second kappa shape index (κ2) is 9.28. The molecule has 28 heavy (non-hydrogen) atoms. The molecule has 1 amide bonds. The molecule has 7 nitrogen and oxygen atoms in total. The molecule has 0 N–H and O–H groups in total. The van der Waals surface area contributed by atoms with E-state index in [0.29, 0.717) is 37.0 Å². The molecule has 2 aliphatic rings. The first-order valence-corrected chi connectivity index (χ1v) is 10.4. The van der Waals surface area contributed by atoms with Crippen molar-refractivity contribution in [2.24, 2.45) is 5.92 Å². The lowest BCUT2D eigenvalue weighted by Crippen LogP contribution is -2.39. The van der Waals surface area contributed by atoms with E-state index >= 15 is 0 Å². The molecule has 1 atom stereocenters. The Balaban J connectivity index is 1.27. The maximum atomic E-state index is 12.6. The van der Waals surface area contributed by atoms with Crippen molar-refractivity contribution in [3.8, 4) is 0 Å². The topological polar surface area (TPSA) is 81.4 Å². The number of hydrogen-bond acceptors (Lipinski definition) is 6. The van der Waals surface area contributed by atoms with Crippen LogP contribution in [0.5, 0.6) is 0 Å². The summed E-state index contributed by atoms with van der Waals surface area (Å²) in [5.74, 6) is 2.09. The third kappa shape index (κ3) is 4.76. The van der Waals surface area contributed by atoms with Crippen LogP contribution in [0.3, 0.4) is 0 Å². The number of ether oxygens (including phenoxy) is 1. The van der Waals surface area contributed by atoms with E-state index in [2.05, 4.69) is 15.1 Å². The Bertz CT molecular complexity index is 758. The minimum Gasteiger partial charge on any atom is -0.381 e. The quantitative estimate of drug-likeness (QED) is 0.682. The number of aromatic nitrogens is 3. The number of nitrogens with zero attached hydrogens (tertiary/aromatic N) is 4. The first kappa shape index (κ1) is 19.1. The van der Waals surface area contributed by atoms with Crippen LogP contribution in [-0.2, 0) is 11.2 Å². The fraction of sp³-hybridized carbons (Fsp3) is 0.619. The highest BCUT2D eigenvalue weighted by atomic mass is 16.5. The van der Waals surface area contributed by atoms with Crippen LogP contribution in [0.1, 0.15) is 66.6 Å². The van der Waals surface area contributed by atoms with E-state index < -0.39 is 0 Å². The van der Waals surface area contributed by atoms with Crippen LogP contribution in [0.15, 0.2) is 28.9 Å². The summed E-state index contributed by atoms with van der Waals surface area (Å²) < 4.78 is 11.3. The molecule has 4 rings (SSSR count). The number of carbonyl (C=O) groups is 1. The van der Waals surface area contributed by atoms with Crippen LogP contribution in [-0.4, -0.2) is 52.2 Å². The van der Waals surface area contributed by atoms with Gasteiger partial charge >= 0.3 is 0 Å². The molecule has 1 saturated carbocycles. The number of likely N-dealkylation sites (tertiary alicyclic amines) is 1. The molecular weight excluding hydrogens is 356 g/mol. The van der Waals surface area contributed by atoms with Crippen LogP contribution in [0, 0.1) is 5.92 Å². The van der Waals surface area contributed by atoms with Crippen molar-refractivity contribution in [2.75, 3.05) is 26.3 Å². The minimum atomic E-state index is -0.0367. The summed E-state index contributed by atoms with van der Waals surface area (Å²) in [6.07, 6.45) is 9.45. The summed E-state index contributed by atoms with van der Waals surface area (Å²) in [5, 5.41) is 4.11. The van der Waals surface area contributed by atoms with Crippen LogP contribution in [0.25, 0.3) is 0 Å². The second-order valence-corrected chi connectivity index (χ2v) is 7.83. The number of hydrogen-bond donors (Lipinski definition) is 0. The van der Waals surface area contributed by atoms with Crippen LogP contribution in [0.2, 0.25) is 0 Å². The number of rotatable bonds is 7. The Kier molecular flexibility index (Phi) is 6.31. The predicted molar refractivity (Wildman–Crippen MR) is 103 cm³/mol. The highest BCUT2D eigenvalue weighted by Crippen LogP contribution is 2.27. The fourth-order valence-corrected chi connectivity index (χ4v) is 4.14. The average molecular weight is 384 g/mol. The SMILES string of the molecule is O=C(c1ccccn1)N1CCCC(c2nc(CCOCC3CCCC3)no2)C1. The molecule has 0 spiro atoms. The van der Waals surface area contributed by atoms with Gasteiger partial charge in [0.2, 0.25) is 5.89 Å². The van der Waals surface area contributed by atoms with E-state index in [1.165, 1.54) is 25.7 Å². The van der Waals surface area contributed by atoms with Gasteiger partial charge in [0, 0.05) is 32.3 Å². The lowest BCUT2D eigenvalue weighted by molar-refractivity contribution is 0.0689. The van der Waals surface area contributed by atoms with E-state index in [0.717, 1.165) is 31.9 Å². The number of carbonyl (C=O) groups excluding carboxylic acids is 1. The largest absolute Gasteiger partial charge is 0.381 e. The highest BCUT2D eigenvalue weighted by Gasteiger charge is 2.29. The van der Waals surface area contributed by atoms with Crippen LogP contribution in [0.4, 0.5) is 0 Å². The zero-order valence-corrected chi connectivity index (χ0v) is 16.3. The summed E-state index contributed by atoms with van der Waals surface area (Å²) >= 11 is 0. The van der Waals surface area contributed by atoms with E-state index in [-0.39, 0.29) is 11.8 Å². The predicted octanol–water partition coefficient (Wildman–Crippen LogP) is 3.23. The first-order valence-electron chi connectivity index (χ1n) is 10.4. The molecule has 2 aromatic rings. The maximum absolute atomic E-state index is 12.6. The van der Waals surface area contributed by atoms with Crippen molar-refractivity contribution in [3.63, 3.8) is 0 Å². The monoisotopic (exact) mass is 384 g/mol. The Morgan fingerprint density at radius 2 is 2.11 bits per heavy atom. The lowest BCUT2D eigenvalue weighted by Gasteiger charge is -2.30. The van der Waals surface area contributed by atoms with Gasteiger partial charge in [0.15, 0.2) is 5.82 Å². The summed E-state index contributed by atoms with van der Waals surface area (Å²) in [7, 11) is 0. The molecule has 1 aliphatic heterocycles. The van der Waals surface area contributed by atoms with Gasteiger partial charge in [-0.3, -0.25) is 9.78 Å². The van der Waals surface area contributed by atoms with Gasteiger partial charge < -0.3 is 14.2 Å². The standard InChI is InChI=1S/C21H28N4O3/c26-21(18-9-3-4-11-22-18)25-12-5-8-17(14-25)20-23-19(24-28-20)10-13-27-15-16-6-1-2-7-16/h3-4,9,11,16-17H,1-2,5-8,10,12-15H2. The van der Waals surface area contributed by atoms with Crippen molar-refractivity contribution in [3.05, 3.63) is 41.8 Å². The molecule has 1 unspecified atom stereocenters. The average Bonchev–Trinajstić information content (AvgIpc) is 3.44. The number of pyridine rings is 1. The van der Waals surface area contributed by atoms with E-state index in [4.69, 9.17) is 9.26 Å². The molecule has 3 heterocycles. The number of piperidine rings is 1. The highest BCUT2D eigenvalue weighted by molar-refractivity contribution is 5.92.